The summed E-state index contributed by atoms with van der Waals surface area (Å²) in [5, 5.41) is 9.12. The molecule has 0 fully saturated rings. The highest BCUT2D eigenvalue weighted by atomic mass is 32.2. The number of sulfone groups is 1. The van der Waals surface area contributed by atoms with E-state index in [2.05, 4.69) is 6.07 Å². The minimum absolute atomic E-state index is 0.289. The number of anilines is 1. The monoisotopic (exact) mass is 303 g/mol. The lowest BCUT2D eigenvalue weighted by Crippen LogP contribution is -2.07. The summed E-state index contributed by atoms with van der Waals surface area (Å²) in [4.78, 5) is 0.289. The first kappa shape index (κ1) is 15.1. The fraction of sp³-hybridized carbons (Fsp3) is 0.267. The quantitative estimate of drug-likeness (QED) is 0.939. The van der Waals surface area contributed by atoms with Gasteiger partial charge in [0.1, 0.15) is 11.9 Å². The van der Waals surface area contributed by atoms with Gasteiger partial charge in [-0.15, -0.1) is 0 Å². The van der Waals surface area contributed by atoms with Gasteiger partial charge in [-0.2, -0.15) is 5.26 Å². The molecule has 0 spiro atoms. The van der Waals surface area contributed by atoms with Gasteiger partial charge in [0.15, 0.2) is 9.84 Å². The van der Waals surface area contributed by atoms with Crippen LogP contribution in [0.15, 0.2) is 29.2 Å². The number of nitrogen functional groups attached to an aromatic ring is 1. The third-order valence-electron chi connectivity index (χ3n) is 3.67. The molecule has 2 rings (SSSR count). The Morgan fingerprint density at radius 3 is 2.24 bits per heavy atom. The number of nitrogens with zero attached hydrogens (tertiary/aromatic N) is 2. The molecular weight excluding hydrogens is 286 g/mol. The summed E-state index contributed by atoms with van der Waals surface area (Å²) in [6, 6.07) is 8.80. The van der Waals surface area contributed by atoms with E-state index >= 15 is 0 Å². The van der Waals surface area contributed by atoms with E-state index in [1.807, 2.05) is 18.4 Å². The molecule has 0 unspecified atom stereocenters. The van der Waals surface area contributed by atoms with E-state index in [1.165, 1.54) is 6.26 Å². The number of rotatable bonds is 3. The van der Waals surface area contributed by atoms with Gasteiger partial charge in [-0.05, 0) is 37.1 Å². The summed E-state index contributed by atoms with van der Waals surface area (Å²) in [5.74, 6) is 0.444. The van der Waals surface area contributed by atoms with Gasteiger partial charge in [-0.1, -0.05) is 12.1 Å². The standard InChI is InChI=1S/C15H17N3O2S/c1-10-11(2)18(15(17)14(10)8-16)9-12-4-6-13(7-5-12)21(3,19)20/h4-7H,9,17H2,1-3H3. The van der Waals surface area contributed by atoms with Crippen LogP contribution >= 0.6 is 0 Å². The zero-order valence-electron chi connectivity index (χ0n) is 12.2. The second kappa shape index (κ2) is 5.26. The van der Waals surface area contributed by atoms with Crippen molar-refractivity contribution in [2.24, 2.45) is 0 Å². The molecule has 0 saturated heterocycles. The molecular formula is C15H17N3O2S. The van der Waals surface area contributed by atoms with Gasteiger partial charge >= 0.3 is 0 Å². The number of hydrogen-bond acceptors (Lipinski definition) is 4. The molecule has 21 heavy (non-hydrogen) atoms. The van der Waals surface area contributed by atoms with Crippen molar-refractivity contribution in [2.75, 3.05) is 12.0 Å². The normalized spacial score (nSPS) is 11.3. The molecule has 0 bridgehead atoms. The summed E-state index contributed by atoms with van der Waals surface area (Å²) in [5.41, 5.74) is 9.25. The summed E-state index contributed by atoms with van der Waals surface area (Å²) in [7, 11) is -3.19. The minimum Gasteiger partial charge on any atom is -0.384 e. The van der Waals surface area contributed by atoms with Crippen LogP contribution in [0.5, 0.6) is 0 Å². The fourth-order valence-electron chi connectivity index (χ4n) is 2.26. The number of benzene rings is 1. The molecule has 2 aromatic rings. The maximum absolute atomic E-state index is 11.4. The Kier molecular flexibility index (Phi) is 3.79. The molecule has 110 valence electrons. The van der Waals surface area contributed by atoms with Crippen LogP contribution in [0.4, 0.5) is 5.82 Å². The van der Waals surface area contributed by atoms with Gasteiger partial charge in [0, 0.05) is 18.5 Å². The third kappa shape index (κ3) is 2.78. The van der Waals surface area contributed by atoms with Crippen LogP contribution in [0.3, 0.4) is 0 Å². The topological polar surface area (TPSA) is 88.9 Å². The minimum atomic E-state index is -3.19. The van der Waals surface area contributed by atoms with Crippen molar-refractivity contribution >= 4 is 15.7 Å². The Hall–Kier alpha value is -2.26. The predicted octanol–water partition coefficient (Wildman–Crippen LogP) is 2.01. The van der Waals surface area contributed by atoms with Crippen molar-refractivity contribution in [3.8, 4) is 6.07 Å². The molecule has 1 aromatic carbocycles. The molecule has 5 nitrogen and oxygen atoms in total. The second-order valence-corrected chi connectivity index (χ2v) is 7.10. The largest absolute Gasteiger partial charge is 0.384 e. The Balaban J connectivity index is 2.38. The maximum atomic E-state index is 11.4. The van der Waals surface area contributed by atoms with Crippen LogP contribution in [0.25, 0.3) is 0 Å². The first-order valence-corrected chi connectivity index (χ1v) is 8.29. The molecule has 0 aliphatic heterocycles. The van der Waals surface area contributed by atoms with Crippen molar-refractivity contribution in [1.82, 2.24) is 4.57 Å². The smallest absolute Gasteiger partial charge is 0.175 e. The SMILES string of the molecule is Cc1c(C#N)c(N)n(Cc2ccc(S(C)(=O)=O)cc2)c1C. The molecule has 0 aliphatic carbocycles. The molecule has 0 aliphatic rings. The lowest BCUT2D eigenvalue weighted by atomic mass is 10.2. The lowest BCUT2D eigenvalue weighted by Gasteiger charge is -2.10. The van der Waals surface area contributed by atoms with E-state index in [-0.39, 0.29) is 4.90 Å². The summed E-state index contributed by atoms with van der Waals surface area (Å²) < 4.78 is 24.7. The average molecular weight is 303 g/mol. The van der Waals surface area contributed by atoms with Crippen molar-refractivity contribution < 1.29 is 8.42 Å². The molecule has 1 aromatic heterocycles. The van der Waals surface area contributed by atoms with Crippen LogP contribution < -0.4 is 5.73 Å². The first-order valence-electron chi connectivity index (χ1n) is 6.40. The van der Waals surface area contributed by atoms with Crippen LogP contribution in [0.2, 0.25) is 0 Å². The molecule has 0 radical (unpaired) electrons. The number of nitriles is 1. The van der Waals surface area contributed by atoms with Crippen molar-refractivity contribution in [2.45, 2.75) is 25.3 Å². The molecule has 6 heteroatoms. The molecule has 0 atom stereocenters. The Bertz CT molecular complexity index is 825. The highest BCUT2D eigenvalue weighted by Crippen LogP contribution is 2.24. The zero-order valence-corrected chi connectivity index (χ0v) is 13.0. The van der Waals surface area contributed by atoms with Crippen molar-refractivity contribution in [1.29, 1.82) is 5.26 Å². The van der Waals surface area contributed by atoms with Crippen LogP contribution in [-0.2, 0) is 16.4 Å². The summed E-state index contributed by atoms with van der Waals surface area (Å²) >= 11 is 0. The number of nitrogens with two attached hydrogens (primary N) is 1. The number of hydrogen-bond donors (Lipinski definition) is 1. The predicted molar refractivity (Wildman–Crippen MR) is 81.7 cm³/mol. The van der Waals surface area contributed by atoms with Gasteiger partial charge in [0.2, 0.25) is 0 Å². The van der Waals surface area contributed by atoms with Gasteiger partial charge in [0.25, 0.3) is 0 Å². The molecule has 1 heterocycles. The Morgan fingerprint density at radius 1 is 1.24 bits per heavy atom. The van der Waals surface area contributed by atoms with E-state index in [4.69, 9.17) is 11.0 Å². The van der Waals surface area contributed by atoms with Gasteiger partial charge in [-0.3, -0.25) is 0 Å². The maximum Gasteiger partial charge on any atom is 0.175 e. The van der Waals surface area contributed by atoms with E-state index in [0.717, 1.165) is 16.8 Å². The van der Waals surface area contributed by atoms with E-state index in [1.54, 1.807) is 24.3 Å². The third-order valence-corrected chi connectivity index (χ3v) is 4.80. The zero-order chi connectivity index (χ0) is 15.8. The fourth-order valence-corrected chi connectivity index (χ4v) is 2.89. The number of aromatic nitrogens is 1. The molecule has 0 saturated carbocycles. The van der Waals surface area contributed by atoms with Gasteiger partial charge in [0.05, 0.1) is 10.5 Å². The van der Waals surface area contributed by atoms with Crippen LogP contribution in [0, 0.1) is 25.2 Å². The van der Waals surface area contributed by atoms with Crippen molar-refractivity contribution in [3.05, 3.63) is 46.6 Å². The van der Waals surface area contributed by atoms with Crippen LogP contribution in [-0.4, -0.2) is 19.2 Å². The Morgan fingerprint density at radius 2 is 1.81 bits per heavy atom. The van der Waals surface area contributed by atoms with Gasteiger partial charge in [-0.25, -0.2) is 8.42 Å². The molecule has 2 N–H and O–H groups in total. The summed E-state index contributed by atoms with van der Waals surface area (Å²) in [6.45, 7) is 4.29. The first-order chi connectivity index (χ1) is 9.75. The van der Waals surface area contributed by atoms with Crippen molar-refractivity contribution in [3.63, 3.8) is 0 Å². The molecule has 0 amide bonds. The summed E-state index contributed by atoms with van der Waals surface area (Å²) in [6.07, 6.45) is 1.18. The van der Waals surface area contributed by atoms with Gasteiger partial charge < -0.3 is 10.3 Å². The Labute approximate surface area is 124 Å². The highest BCUT2D eigenvalue weighted by molar-refractivity contribution is 7.90. The van der Waals surface area contributed by atoms with E-state index < -0.39 is 9.84 Å². The van der Waals surface area contributed by atoms with E-state index in [0.29, 0.717) is 17.9 Å². The lowest BCUT2D eigenvalue weighted by molar-refractivity contribution is 0.602. The average Bonchev–Trinajstić information content (AvgIpc) is 2.62. The van der Waals surface area contributed by atoms with E-state index in [9.17, 15) is 8.42 Å². The van der Waals surface area contributed by atoms with Crippen LogP contribution in [0.1, 0.15) is 22.4 Å². The second-order valence-electron chi connectivity index (χ2n) is 5.08. The highest BCUT2D eigenvalue weighted by Gasteiger charge is 2.15.